The number of rotatable bonds is 8. The molecule has 0 aliphatic rings. The van der Waals surface area contributed by atoms with Crippen LogP contribution in [-0.4, -0.2) is 72.4 Å². The number of carboxylic acid groups (broad SMARTS) is 1. The average Bonchev–Trinajstić information content (AvgIpc) is 2.79. The van der Waals surface area contributed by atoms with Crippen LogP contribution in [0.2, 0.25) is 0 Å². The number of hydrogen-bond donors (Lipinski definition) is 3. The number of carbonyl (C=O) groups excluding carboxylic acids is 1. The maximum atomic E-state index is 13.0. The summed E-state index contributed by atoms with van der Waals surface area (Å²) < 4.78 is 5.23. The Labute approximate surface area is 198 Å². The van der Waals surface area contributed by atoms with Gasteiger partial charge in [0.15, 0.2) is 0 Å². The number of pyridine rings is 1. The summed E-state index contributed by atoms with van der Waals surface area (Å²) in [5.74, 6) is 4.54. The van der Waals surface area contributed by atoms with Crippen molar-refractivity contribution in [3.63, 3.8) is 0 Å². The van der Waals surface area contributed by atoms with Crippen LogP contribution in [0.4, 0.5) is 0 Å². The predicted molar refractivity (Wildman–Crippen MR) is 129 cm³/mol. The summed E-state index contributed by atoms with van der Waals surface area (Å²) in [6.07, 6.45) is 0.466. The number of methoxy groups -OCH3 is 1. The van der Waals surface area contributed by atoms with E-state index in [1.165, 1.54) is 13.2 Å². The van der Waals surface area contributed by atoms with Crippen molar-refractivity contribution in [1.29, 1.82) is 0 Å². The van der Waals surface area contributed by atoms with Crippen molar-refractivity contribution in [3.8, 4) is 17.6 Å². The van der Waals surface area contributed by atoms with Crippen molar-refractivity contribution in [2.75, 3.05) is 34.4 Å². The van der Waals surface area contributed by atoms with Crippen molar-refractivity contribution < 1.29 is 24.5 Å². The number of carboxylic acids is 1. The minimum atomic E-state index is -1.16. The Morgan fingerprint density at radius 3 is 2.53 bits per heavy atom. The summed E-state index contributed by atoms with van der Waals surface area (Å²) in [5, 5.41) is 22.5. The van der Waals surface area contributed by atoms with E-state index in [-0.39, 0.29) is 29.7 Å². The molecule has 0 aliphatic heterocycles. The fourth-order valence-corrected chi connectivity index (χ4v) is 3.43. The summed E-state index contributed by atoms with van der Waals surface area (Å²) in [5.41, 5.74) is 1.95. The standard InChI is InChI=1S/C26H27N3O5/c1-29(2)12-4-5-17-8-11-23-21(14-17)22(26(32)33)15-24(28-23)25(31)27-19(16-34-3)13-18-6-9-20(30)10-7-18/h6-11,14-15,19,30H,12-13,16H2,1-3H3,(H,27,31)(H,32,33)/t19-/m0/s1. The Balaban J connectivity index is 1.88. The number of amides is 1. The number of fused-ring (bicyclic) bond motifs is 1. The quantitative estimate of drug-likeness (QED) is 0.442. The molecule has 0 radical (unpaired) electrons. The van der Waals surface area contributed by atoms with Crippen LogP contribution in [0.15, 0.2) is 48.5 Å². The highest BCUT2D eigenvalue weighted by Crippen LogP contribution is 2.21. The first-order valence-electron chi connectivity index (χ1n) is 10.7. The zero-order valence-corrected chi connectivity index (χ0v) is 19.3. The molecule has 0 aliphatic carbocycles. The lowest BCUT2D eigenvalue weighted by atomic mass is 10.0. The molecule has 0 bridgehead atoms. The van der Waals surface area contributed by atoms with Crippen LogP contribution in [0.5, 0.6) is 5.75 Å². The number of nitrogens with zero attached hydrogens (tertiary/aromatic N) is 2. The molecule has 1 atom stereocenters. The van der Waals surface area contributed by atoms with Gasteiger partial charge < -0.3 is 20.3 Å². The molecule has 8 heteroatoms. The average molecular weight is 462 g/mol. The molecule has 8 nitrogen and oxygen atoms in total. The van der Waals surface area contributed by atoms with E-state index in [1.807, 2.05) is 19.0 Å². The summed E-state index contributed by atoms with van der Waals surface area (Å²) in [4.78, 5) is 31.3. The van der Waals surface area contributed by atoms with Gasteiger partial charge in [-0.25, -0.2) is 9.78 Å². The lowest BCUT2D eigenvalue weighted by Crippen LogP contribution is -2.40. The van der Waals surface area contributed by atoms with Crippen LogP contribution < -0.4 is 5.32 Å². The Hall–Kier alpha value is -3.93. The molecule has 3 rings (SSSR count). The number of ether oxygens (including phenoxy) is 1. The molecule has 0 fully saturated rings. The Bertz CT molecular complexity index is 1240. The highest BCUT2D eigenvalue weighted by molar-refractivity contribution is 6.06. The minimum absolute atomic E-state index is 0.00292. The van der Waals surface area contributed by atoms with Crippen LogP contribution >= 0.6 is 0 Å². The van der Waals surface area contributed by atoms with Gasteiger partial charge in [0.05, 0.1) is 30.3 Å². The number of aromatic nitrogens is 1. The summed E-state index contributed by atoms with van der Waals surface area (Å²) in [6, 6.07) is 12.7. The van der Waals surface area contributed by atoms with Crippen LogP contribution in [-0.2, 0) is 11.2 Å². The molecule has 0 saturated carbocycles. The van der Waals surface area contributed by atoms with E-state index in [1.54, 1.807) is 42.5 Å². The van der Waals surface area contributed by atoms with Gasteiger partial charge in [-0.05, 0) is 62.5 Å². The number of benzene rings is 2. The molecule has 0 saturated heterocycles. The molecule has 0 spiro atoms. The van der Waals surface area contributed by atoms with Crippen LogP contribution in [0.25, 0.3) is 10.9 Å². The SMILES string of the molecule is COC[C@H](Cc1ccc(O)cc1)NC(=O)c1cc(C(=O)O)c2cc(C#CCN(C)C)ccc2n1. The van der Waals surface area contributed by atoms with Gasteiger partial charge in [-0.3, -0.25) is 9.69 Å². The third-order valence-electron chi connectivity index (χ3n) is 5.02. The maximum Gasteiger partial charge on any atom is 0.336 e. The van der Waals surface area contributed by atoms with Crippen molar-refractivity contribution in [2.24, 2.45) is 0 Å². The molecule has 3 aromatic rings. The highest BCUT2D eigenvalue weighted by atomic mass is 16.5. The minimum Gasteiger partial charge on any atom is -0.508 e. The van der Waals surface area contributed by atoms with Gasteiger partial charge in [-0.15, -0.1) is 0 Å². The number of aromatic carboxylic acids is 1. The first kappa shape index (κ1) is 24.7. The third-order valence-corrected chi connectivity index (χ3v) is 5.02. The van der Waals surface area contributed by atoms with Crippen molar-refractivity contribution in [1.82, 2.24) is 15.2 Å². The smallest absolute Gasteiger partial charge is 0.336 e. The van der Waals surface area contributed by atoms with E-state index in [9.17, 15) is 19.8 Å². The van der Waals surface area contributed by atoms with Crippen LogP contribution in [0.3, 0.4) is 0 Å². The second-order valence-electron chi connectivity index (χ2n) is 8.13. The Morgan fingerprint density at radius 1 is 1.15 bits per heavy atom. The third kappa shape index (κ3) is 6.54. The normalized spacial score (nSPS) is 11.6. The summed E-state index contributed by atoms with van der Waals surface area (Å²) in [7, 11) is 5.36. The van der Waals surface area contributed by atoms with Crippen molar-refractivity contribution >= 4 is 22.8 Å². The number of nitrogens with one attached hydrogen (secondary N) is 1. The molecule has 0 unspecified atom stereocenters. The van der Waals surface area contributed by atoms with E-state index in [4.69, 9.17) is 4.74 Å². The molecule has 176 valence electrons. The van der Waals surface area contributed by atoms with Gasteiger partial charge in [0.2, 0.25) is 0 Å². The predicted octanol–water partition coefficient (Wildman–Crippen LogP) is 2.54. The van der Waals surface area contributed by atoms with Gasteiger partial charge in [0.1, 0.15) is 11.4 Å². The van der Waals surface area contributed by atoms with E-state index < -0.39 is 11.9 Å². The van der Waals surface area contributed by atoms with Gasteiger partial charge in [-0.1, -0.05) is 24.0 Å². The zero-order valence-electron chi connectivity index (χ0n) is 19.3. The number of hydrogen-bond acceptors (Lipinski definition) is 6. The fraction of sp³-hybridized carbons (Fsp3) is 0.269. The van der Waals surface area contributed by atoms with E-state index in [0.29, 0.717) is 29.4 Å². The molecule has 1 aromatic heterocycles. The number of phenolic OH excluding ortho intramolecular Hbond substituents is 1. The second kappa shape index (κ2) is 11.3. The van der Waals surface area contributed by atoms with E-state index >= 15 is 0 Å². The lowest BCUT2D eigenvalue weighted by molar-refractivity contribution is 0.0699. The van der Waals surface area contributed by atoms with Crippen molar-refractivity contribution in [3.05, 3.63) is 70.9 Å². The molecule has 2 aromatic carbocycles. The number of aromatic hydroxyl groups is 1. The van der Waals surface area contributed by atoms with Crippen molar-refractivity contribution in [2.45, 2.75) is 12.5 Å². The largest absolute Gasteiger partial charge is 0.508 e. The Kier molecular flexibility index (Phi) is 8.19. The van der Waals surface area contributed by atoms with Gasteiger partial charge in [-0.2, -0.15) is 0 Å². The molecule has 34 heavy (non-hydrogen) atoms. The monoisotopic (exact) mass is 461 g/mol. The van der Waals surface area contributed by atoms with Gasteiger partial charge in [0, 0.05) is 18.1 Å². The summed E-state index contributed by atoms with van der Waals surface area (Å²) in [6.45, 7) is 0.828. The molecule has 1 amide bonds. The first-order chi connectivity index (χ1) is 16.3. The fourth-order valence-electron chi connectivity index (χ4n) is 3.43. The zero-order chi connectivity index (χ0) is 24.7. The number of phenols is 1. The van der Waals surface area contributed by atoms with Gasteiger partial charge >= 0.3 is 5.97 Å². The number of carbonyl (C=O) groups is 2. The van der Waals surface area contributed by atoms with E-state index in [2.05, 4.69) is 22.1 Å². The van der Waals surface area contributed by atoms with E-state index in [0.717, 1.165) is 5.56 Å². The summed E-state index contributed by atoms with van der Waals surface area (Å²) >= 11 is 0. The second-order valence-corrected chi connectivity index (χ2v) is 8.13. The maximum absolute atomic E-state index is 13.0. The lowest BCUT2D eigenvalue weighted by Gasteiger charge is -2.18. The molecule has 3 N–H and O–H groups in total. The molecular weight excluding hydrogens is 434 g/mol. The highest BCUT2D eigenvalue weighted by Gasteiger charge is 2.19. The molecule has 1 heterocycles. The van der Waals surface area contributed by atoms with Gasteiger partial charge in [0.25, 0.3) is 5.91 Å². The van der Waals surface area contributed by atoms with Crippen LogP contribution in [0.1, 0.15) is 32.0 Å². The molecular formula is C26H27N3O5. The Morgan fingerprint density at radius 2 is 1.88 bits per heavy atom. The topological polar surface area (TPSA) is 112 Å². The van der Waals surface area contributed by atoms with Crippen LogP contribution in [0, 0.1) is 11.8 Å². The first-order valence-corrected chi connectivity index (χ1v) is 10.7.